The summed E-state index contributed by atoms with van der Waals surface area (Å²) in [6.45, 7) is 1.41. The Balaban J connectivity index is 1.75. The Morgan fingerprint density at radius 1 is 1.21 bits per heavy atom. The van der Waals surface area contributed by atoms with E-state index in [-0.39, 0.29) is 5.76 Å². The highest BCUT2D eigenvalue weighted by atomic mass is 32.2. The second-order valence-electron chi connectivity index (χ2n) is 7.09. The molecule has 0 radical (unpaired) electrons. The van der Waals surface area contributed by atoms with Crippen LogP contribution in [0.1, 0.15) is 55.1 Å². The maximum Gasteiger partial charge on any atom is 0.375 e. The minimum Gasteiger partial charge on any atom is -0.449 e. The van der Waals surface area contributed by atoms with Crippen LogP contribution in [0.5, 0.6) is 0 Å². The van der Waals surface area contributed by atoms with Gasteiger partial charge in [-0.25, -0.2) is 9.59 Å². The Labute approximate surface area is 173 Å². The molecule has 1 atom stereocenters. The van der Waals surface area contributed by atoms with Crippen LogP contribution in [-0.2, 0) is 15.3 Å². The molecule has 1 aromatic heterocycles. The summed E-state index contributed by atoms with van der Waals surface area (Å²) in [5.41, 5.74) is 1.40. The van der Waals surface area contributed by atoms with Crippen LogP contribution in [0.25, 0.3) is 11.0 Å². The van der Waals surface area contributed by atoms with Gasteiger partial charge in [0, 0.05) is 29.0 Å². The predicted molar refractivity (Wildman–Crippen MR) is 112 cm³/mol. The van der Waals surface area contributed by atoms with Gasteiger partial charge in [-0.2, -0.15) is 11.8 Å². The van der Waals surface area contributed by atoms with E-state index in [1.807, 2.05) is 36.0 Å². The van der Waals surface area contributed by atoms with Crippen LogP contribution in [0.15, 0.2) is 28.7 Å². The van der Waals surface area contributed by atoms with Gasteiger partial charge in [0.2, 0.25) is 5.76 Å². The molecular formula is C21H26N2O5S. The first-order valence-corrected chi connectivity index (χ1v) is 10.9. The smallest absolute Gasteiger partial charge is 0.375 e. The lowest BCUT2D eigenvalue weighted by Gasteiger charge is -2.20. The maximum atomic E-state index is 12.8. The third-order valence-electron chi connectivity index (χ3n) is 5.02. The minimum absolute atomic E-state index is 0.120. The molecule has 3 amide bonds. The number of benzene rings is 1. The summed E-state index contributed by atoms with van der Waals surface area (Å²) >= 11 is 1.84. The van der Waals surface area contributed by atoms with Crippen molar-refractivity contribution in [3.8, 4) is 0 Å². The number of carbonyl (C=O) groups is 3. The number of ether oxygens (including phenoxy) is 1. The first-order chi connectivity index (χ1) is 14.0. The van der Waals surface area contributed by atoms with Crippen LogP contribution in [0, 0.1) is 0 Å². The third-order valence-corrected chi connectivity index (χ3v) is 6.41. The fourth-order valence-electron chi connectivity index (χ4n) is 3.38. The first kappa shape index (κ1) is 21.2. The second-order valence-corrected chi connectivity index (χ2v) is 8.38. The molecule has 1 fully saturated rings. The van der Waals surface area contributed by atoms with Gasteiger partial charge in [-0.15, -0.1) is 0 Å². The fraction of sp³-hybridized carbons (Fsp3) is 0.476. The molecule has 0 saturated heterocycles. The summed E-state index contributed by atoms with van der Waals surface area (Å²) in [7, 11) is 1.39. The molecule has 7 nitrogen and oxygen atoms in total. The number of hydrogen-bond acceptors (Lipinski definition) is 6. The maximum absolute atomic E-state index is 12.8. The van der Waals surface area contributed by atoms with Gasteiger partial charge in [-0.3, -0.25) is 10.1 Å². The van der Waals surface area contributed by atoms with Crippen molar-refractivity contribution in [2.45, 2.75) is 56.1 Å². The molecule has 1 aliphatic rings. The number of imide groups is 1. The molecule has 0 aliphatic heterocycles. The van der Waals surface area contributed by atoms with Crippen LogP contribution in [-0.4, -0.2) is 36.3 Å². The number of rotatable bonds is 6. The summed E-state index contributed by atoms with van der Waals surface area (Å²) in [5.74, 6) is -0.647. The average molecular weight is 419 g/mol. The summed E-state index contributed by atoms with van der Waals surface area (Å²) in [6.07, 6.45) is 5.03. The molecule has 0 spiro atoms. The Hall–Kier alpha value is -2.48. The van der Waals surface area contributed by atoms with Gasteiger partial charge < -0.3 is 14.5 Å². The Morgan fingerprint density at radius 2 is 1.93 bits per heavy atom. The van der Waals surface area contributed by atoms with E-state index in [4.69, 9.17) is 9.15 Å². The lowest BCUT2D eigenvalue weighted by atomic mass is 10.0. The monoisotopic (exact) mass is 418 g/mol. The van der Waals surface area contributed by atoms with Gasteiger partial charge in [-0.05, 0) is 25.8 Å². The zero-order chi connectivity index (χ0) is 20.8. The lowest BCUT2D eigenvalue weighted by molar-refractivity contribution is -0.128. The summed E-state index contributed by atoms with van der Waals surface area (Å²) in [6, 6.07) is 6.82. The van der Waals surface area contributed by atoms with Gasteiger partial charge in [0.1, 0.15) is 5.58 Å². The molecule has 1 aromatic carbocycles. The van der Waals surface area contributed by atoms with Crippen molar-refractivity contribution in [1.29, 1.82) is 0 Å². The van der Waals surface area contributed by atoms with Gasteiger partial charge in [0.25, 0.3) is 5.91 Å². The number of urea groups is 1. The van der Waals surface area contributed by atoms with E-state index in [0.29, 0.717) is 16.6 Å². The molecular weight excluding hydrogens is 392 g/mol. The van der Waals surface area contributed by atoms with E-state index < -0.39 is 24.0 Å². The van der Waals surface area contributed by atoms with Crippen LogP contribution in [0.2, 0.25) is 0 Å². The number of fused-ring (bicyclic) bond motifs is 1. The largest absolute Gasteiger partial charge is 0.449 e. The van der Waals surface area contributed by atoms with Gasteiger partial charge >= 0.3 is 12.0 Å². The Kier molecular flexibility index (Phi) is 7.19. The molecule has 1 heterocycles. The van der Waals surface area contributed by atoms with E-state index >= 15 is 0 Å². The van der Waals surface area contributed by atoms with E-state index in [0.717, 1.165) is 10.9 Å². The van der Waals surface area contributed by atoms with Crippen LogP contribution in [0.4, 0.5) is 4.79 Å². The van der Waals surface area contributed by atoms with Gasteiger partial charge in [0.15, 0.2) is 6.10 Å². The topological polar surface area (TPSA) is 97.6 Å². The fourth-order valence-corrected chi connectivity index (χ4v) is 4.74. The van der Waals surface area contributed by atoms with Crippen LogP contribution < -0.4 is 10.6 Å². The molecule has 156 valence electrons. The van der Waals surface area contributed by atoms with Crippen molar-refractivity contribution in [1.82, 2.24) is 10.6 Å². The quantitative estimate of drug-likeness (QED) is 0.688. The highest BCUT2D eigenvalue weighted by Crippen LogP contribution is 2.35. The van der Waals surface area contributed by atoms with Gasteiger partial charge in [0.05, 0.1) is 0 Å². The molecule has 29 heavy (non-hydrogen) atoms. The summed E-state index contributed by atoms with van der Waals surface area (Å²) in [5, 5.41) is 5.83. The van der Waals surface area contributed by atoms with Gasteiger partial charge in [-0.1, -0.05) is 37.5 Å². The molecule has 0 unspecified atom stereocenters. The number of thioether (sulfide) groups is 1. The zero-order valence-corrected chi connectivity index (χ0v) is 17.5. The number of esters is 1. The third kappa shape index (κ3) is 5.32. The number of para-hydroxylation sites is 1. The van der Waals surface area contributed by atoms with E-state index in [1.165, 1.54) is 46.1 Å². The second kappa shape index (κ2) is 9.82. The highest BCUT2D eigenvalue weighted by molar-refractivity contribution is 7.99. The number of hydrogen-bond donors (Lipinski definition) is 2. The van der Waals surface area contributed by atoms with E-state index in [9.17, 15) is 14.4 Å². The van der Waals surface area contributed by atoms with Crippen molar-refractivity contribution in [3.05, 3.63) is 35.6 Å². The average Bonchev–Trinajstić information content (AvgIpc) is 3.11. The first-order valence-electron chi connectivity index (χ1n) is 9.85. The Bertz CT molecular complexity index is 888. The van der Waals surface area contributed by atoms with Crippen molar-refractivity contribution in [2.75, 3.05) is 7.05 Å². The van der Waals surface area contributed by atoms with E-state index in [2.05, 4.69) is 10.6 Å². The minimum atomic E-state index is -1.13. The predicted octanol–water partition coefficient (Wildman–Crippen LogP) is 4.00. The molecule has 2 N–H and O–H groups in total. The standard InChI is InChI=1S/C21H26N2O5S/c1-13(19(24)23-21(26)22-2)27-20(25)18-16(12-29-14-8-4-3-5-9-14)15-10-6-7-11-17(15)28-18/h6-7,10-11,13-14H,3-5,8-9,12H2,1-2H3,(H2,22,23,24,26)/t13-/m1/s1. The van der Waals surface area contributed by atoms with Crippen molar-refractivity contribution in [2.24, 2.45) is 0 Å². The number of amides is 3. The summed E-state index contributed by atoms with van der Waals surface area (Å²) < 4.78 is 11.1. The molecule has 0 bridgehead atoms. The number of furan rings is 1. The Morgan fingerprint density at radius 3 is 2.66 bits per heavy atom. The number of nitrogens with one attached hydrogen (secondary N) is 2. The van der Waals surface area contributed by atoms with E-state index in [1.54, 1.807) is 0 Å². The lowest BCUT2D eigenvalue weighted by Crippen LogP contribution is -2.43. The molecule has 3 rings (SSSR count). The summed E-state index contributed by atoms with van der Waals surface area (Å²) in [4.78, 5) is 36.0. The van der Waals surface area contributed by atoms with Crippen molar-refractivity contribution in [3.63, 3.8) is 0 Å². The number of carbonyl (C=O) groups excluding carboxylic acids is 3. The van der Waals surface area contributed by atoms with Crippen LogP contribution >= 0.6 is 11.8 Å². The zero-order valence-electron chi connectivity index (χ0n) is 16.7. The molecule has 1 aliphatic carbocycles. The molecule has 1 saturated carbocycles. The van der Waals surface area contributed by atoms with Crippen LogP contribution in [0.3, 0.4) is 0 Å². The highest BCUT2D eigenvalue weighted by Gasteiger charge is 2.27. The van der Waals surface area contributed by atoms with Crippen molar-refractivity contribution >= 4 is 40.6 Å². The normalized spacial score (nSPS) is 15.7. The molecule has 8 heteroatoms. The SMILES string of the molecule is CNC(=O)NC(=O)[C@@H](C)OC(=O)c1oc2ccccc2c1CSC1CCCCC1. The van der Waals surface area contributed by atoms with Crippen molar-refractivity contribution < 1.29 is 23.5 Å². The molecule has 2 aromatic rings.